The van der Waals surface area contributed by atoms with Gasteiger partial charge in [0.2, 0.25) is 5.91 Å². The summed E-state index contributed by atoms with van der Waals surface area (Å²) in [6, 6.07) is 8.09. The van der Waals surface area contributed by atoms with Crippen molar-refractivity contribution in [1.29, 1.82) is 0 Å². The van der Waals surface area contributed by atoms with E-state index in [0.717, 1.165) is 37.7 Å². The number of likely N-dealkylation sites (tertiary alicyclic amines) is 1. The molecule has 0 spiro atoms. The van der Waals surface area contributed by atoms with Gasteiger partial charge in [-0.25, -0.2) is 0 Å². The van der Waals surface area contributed by atoms with Crippen molar-refractivity contribution in [2.24, 2.45) is 0 Å². The average molecular weight is 303 g/mol. The summed E-state index contributed by atoms with van der Waals surface area (Å²) >= 11 is 0. The van der Waals surface area contributed by atoms with Crippen LogP contribution in [0.15, 0.2) is 24.3 Å². The van der Waals surface area contributed by atoms with Gasteiger partial charge in [0.05, 0.1) is 31.5 Å². The summed E-state index contributed by atoms with van der Waals surface area (Å²) < 4.78 is 11.4. The summed E-state index contributed by atoms with van der Waals surface area (Å²) in [5.41, 5.74) is 0.879. The van der Waals surface area contributed by atoms with Crippen molar-refractivity contribution in [1.82, 2.24) is 10.2 Å². The van der Waals surface area contributed by atoms with E-state index in [1.807, 2.05) is 29.2 Å². The number of nitrogens with zero attached hydrogens (tertiary/aromatic N) is 2. The van der Waals surface area contributed by atoms with Gasteiger partial charge in [-0.1, -0.05) is 12.1 Å². The summed E-state index contributed by atoms with van der Waals surface area (Å²) in [4.78, 5) is 16.7. The topological polar surface area (TPSA) is 54.0 Å². The van der Waals surface area contributed by atoms with Gasteiger partial charge in [0.15, 0.2) is 0 Å². The molecule has 3 aliphatic rings. The van der Waals surface area contributed by atoms with Crippen LogP contribution < -0.4 is 15.0 Å². The fraction of sp³-hybridized carbons (Fsp3) is 0.562. The molecule has 0 aromatic heterocycles. The van der Waals surface area contributed by atoms with Crippen LogP contribution >= 0.6 is 0 Å². The van der Waals surface area contributed by atoms with Gasteiger partial charge >= 0.3 is 0 Å². The molecule has 2 saturated heterocycles. The number of para-hydroxylation sites is 2. The van der Waals surface area contributed by atoms with Gasteiger partial charge in [-0.3, -0.25) is 9.69 Å². The summed E-state index contributed by atoms with van der Waals surface area (Å²) in [6.07, 6.45) is 0.221. The van der Waals surface area contributed by atoms with Crippen LogP contribution in [0.1, 0.15) is 0 Å². The number of nitrogens with one attached hydrogen (secondary N) is 1. The zero-order valence-electron chi connectivity index (χ0n) is 12.5. The van der Waals surface area contributed by atoms with Crippen molar-refractivity contribution in [2.75, 3.05) is 50.8 Å². The number of carbonyl (C=O) groups excluding carboxylic acids is 1. The summed E-state index contributed by atoms with van der Waals surface area (Å²) in [7, 11) is 0. The second-order valence-corrected chi connectivity index (χ2v) is 6.03. The second-order valence-electron chi connectivity index (χ2n) is 6.03. The van der Waals surface area contributed by atoms with Gasteiger partial charge < -0.3 is 19.7 Å². The first-order valence-corrected chi connectivity index (χ1v) is 7.91. The molecule has 0 bridgehead atoms. The molecule has 118 valence electrons. The van der Waals surface area contributed by atoms with Crippen LogP contribution in [0, 0.1) is 0 Å². The van der Waals surface area contributed by atoms with Crippen molar-refractivity contribution in [3.05, 3.63) is 24.3 Å². The number of hydrogen-bond donors (Lipinski definition) is 1. The van der Waals surface area contributed by atoms with Gasteiger partial charge in [0.1, 0.15) is 12.4 Å². The fourth-order valence-electron chi connectivity index (χ4n) is 3.51. The number of morpholine rings is 1. The monoisotopic (exact) mass is 303 g/mol. The van der Waals surface area contributed by atoms with E-state index in [1.54, 1.807) is 0 Å². The highest BCUT2D eigenvalue weighted by Crippen LogP contribution is 2.31. The Hall–Kier alpha value is -1.63. The van der Waals surface area contributed by atoms with Crippen molar-refractivity contribution < 1.29 is 14.3 Å². The predicted molar refractivity (Wildman–Crippen MR) is 82.3 cm³/mol. The van der Waals surface area contributed by atoms with Crippen LogP contribution in [0.5, 0.6) is 5.75 Å². The number of fused-ring (bicyclic) bond motifs is 2. The molecule has 1 amide bonds. The smallest absolute Gasteiger partial charge is 0.241 e. The minimum absolute atomic E-state index is 0.134. The zero-order chi connectivity index (χ0) is 14.9. The molecule has 0 aliphatic carbocycles. The van der Waals surface area contributed by atoms with Crippen molar-refractivity contribution in [3.8, 4) is 5.75 Å². The van der Waals surface area contributed by atoms with Crippen LogP contribution in [-0.4, -0.2) is 68.9 Å². The van der Waals surface area contributed by atoms with E-state index in [-0.39, 0.29) is 12.0 Å². The molecule has 22 heavy (non-hydrogen) atoms. The Balaban J connectivity index is 1.43. The Bertz CT molecular complexity index is 551. The summed E-state index contributed by atoms with van der Waals surface area (Å²) in [5, 5.41) is 3.47. The van der Waals surface area contributed by atoms with Gasteiger partial charge in [-0.15, -0.1) is 0 Å². The van der Waals surface area contributed by atoms with E-state index in [2.05, 4.69) is 10.2 Å². The molecule has 0 unspecified atom stereocenters. The Morgan fingerprint density at radius 1 is 1.27 bits per heavy atom. The Labute approximate surface area is 130 Å². The maximum atomic E-state index is 12.7. The Morgan fingerprint density at radius 2 is 2.18 bits per heavy atom. The zero-order valence-corrected chi connectivity index (χ0v) is 12.5. The van der Waals surface area contributed by atoms with Crippen molar-refractivity contribution in [3.63, 3.8) is 0 Å². The lowest BCUT2D eigenvalue weighted by atomic mass is 10.2. The third kappa shape index (κ3) is 2.58. The van der Waals surface area contributed by atoms with Gasteiger partial charge in [-0.05, 0) is 12.1 Å². The van der Waals surface area contributed by atoms with E-state index in [4.69, 9.17) is 9.47 Å². The van der Waals surface area contributed by atoms with E-state index in [1.165, 1.54) is 0 Å². The molecular formula is C16H21N3O3. The molecular weight excluding hydrogens is 282 g/mol. The molecule has 2 atom stereocenters. The van der Waals surface area contributed by atoms with Crippen LogP contribution in [0.4, 0.5) is 5.69 Å². The molecule has 2 fully saturated rings. The highest BCUT2D eigenvalue weighted by molar-refractivity contribution is 5.96. The number of anilines is 1. The molecule has 6 nitrogen and oxygen atoms in total. The standard InChI is InChI=1S/C16H21N3O3/c20-16(11-18-9-12-15(10-18)21-7-5-17-12)19-6-8-22-14-4-2-1-3-13(14)19/h1-4,12,15,17H,5-11H2/t12-,15-/m0/s1. The molecule has 1 aromatic carbocycles. The predicted octanol–water partition coefficient (Wildman–Crippen LogP) is 0.0846. The first-order valence-electron chi connectivity index (χ1n) is 7.91. The normalized spacial score (nSPS) is 27.9. The van der Waals surface area contributed by atoms with Gasteiger partial charge in [-0.2, -0.15) is 0 Å². The van der Waals surface area contributed by atoms with Crippen molar-refractivity contribution in [2.45, 2.75) is 12.1 Å². The highest BCUT2D eigenvalue weighted by atomic mass is 16.5. The maximum absolute atomic E-state index is 12.7. The number of ether oxygens (including phenoxy) is 2. The highest BCUT2D eigenvalue weighted by Gasteiger charge is 2.36. The minimum Gasteiger partial charge on any atom is -0.490 e. The maximum Gasteiger partial charge on any atom is 0.241 e. The lowest BCUT2D eigenvalue weighted by Gasteiger charge is -2.30. The summed E-state index contributed by atoms with van der Waals surface area (Å²) in [6.45, 7) is 4.98. The first kappa shape index (κ1) is 14.0. The molecule has 0 saturated carbocycles. The van der Waals surface area contributed by atoms with E-state index < -0.39 is 0 Å². The first-order chi connectivity index (χ1) is 10.8. The molecule has 6 heteroatoms. The van der Waals surface area contributed by atoms with Gasteiger partial charge in [0.25, 0.3) is 0 Å². The molecule has 1 aromatic rings. The van der Waals surface area contributed by atoms with Crippen molar-refractivity contribution >= 4 is 11.6 Å². The summed E-state index contributed by atoms with van der Waals surface area (Å²) in [5.74, 6) is 0.927. The van der Waals surface area contributed by atoms with Crippen LogP contribution in [0.2, 0.25) is 0 Å². The largest absolute Gasteiger partial charge is 0.490 e. The third-order valence-electron chi connectivity index (χ3n) is 4.57. The average Bonchev–Trinajstić information content (AvgIpc) is 2.96. The van der Waals surface area contributed by atoms with E-state index >= 15 is 0 Å². The quantitative estimate of drug-likeness (QED) is 0.839. The van der Waals surface area contributed by atoms with Crippen LogP contribution in [0.25, 0.3) is 0 Å². The Kier molecular flexibility index (Phi) is 3.73. The van der Waals surface area contributed by atoms with Gasteiger partial charge in [0, 0.05) is 25.7 Å². The molecule has 0 radical (unpaired) electrons. The lowest BCUT2D eigenvalue weighted by Crippen LogP contribution is -2.47. The second kappa shape index (κ2) is 5.87. The molecule has 1 N–H and O–H groups in total. The molecule has 4 rings (SSSR count). The number of carbonyl (C=O) groups is 1. The fourth-order valence-corrected chi connectivity index (χ4v) is 3.51. The molecule has 3 heterocycles. The van der Waals surface area contributed by atoms with E-state index in [0.29, 0.717) is 25.7 Å². The number of hydrogen-bond acceptors (Lipinski definition) is 5. The van der Waals surface area contributed by atoms with E-state index in [9.17, 15) is 4.79 Å². The van der Waals surface area contributed by atoms with Crippen LogP contribution in [0.3, 0.4) is 0 Å². The van der Waals surface area contributed by atoms with Crippen LogP contribution in [-0.2, 0) is 9.53 Å². The number of rotatable bonds is 2. The minimum atomic E-state index is 0.134. The number of benzene rings is 1. The number of amides is 1. The molecule has 3 aliphatic heterocycles. The Morgan fingerprint density at radius 3 is 3.09 bits per heavy atom. The SMILES string of the molecule is O=C(CN1C[C@@H]2NCCO[C@H]2C1)N1CCOc2ccccc21. The third-order valence-corrected chi connectivity index (χ3v) is 4.57. The lowest BCUT2D eigenvalue weighted by molar-refractivity contribution is -0.119.